The van der Waals surface area contributed by atoms with E-state index in [4.69, 9.17) is 34.8 Å². The lowest BCUT2D eigenvalue weighted by Gasteiger charge is -2.21. The quantitative estimate of drug-likeness (QED) is 0.198. The van der Waals surface area contributed by atoms with E-state index in [1.165, 1.54) is 5.32 Å². The molecule has 0 saturated carbocycles. The maximum atomic E-state index is 14.8. The largest absolute Gasteiger partial charge is 0.405 e. The number of hydrogen-bond donors (Lipinski definition) is 2. The smallest absolute Gasteiger partial charge is 0.345 e. The van der Waals surface area contributed by atoms with Gasteiger partial charge in [0.15, 0.2) is 0 Å². The summed E-state index contributed by atoms with van der Waals surface area (Å²) in [6.45, 7) is -2.61. The molecule has 0 heterocycles. The van der Waals surface area contributed by atoms with Gasteiger partial charge in [-0.15, -0.1) is 0 Å². The summed E-state index contributed by atoms with van der Waals surface area (Å²) in [4.78, 5) is 24.2. The minimum atomic E-state index is -5.02. The van der Waals surface area contributed by atoms with Crippen molar-refractivity contribution in [2.24, 2.45) is 0 Å². The molecule has 0 aliphatic rings. The van der Waals surface area contributed by atoms with Crippen molar-refractivity contribution in [3.8, 4) is 0 Å². The van der Waals surface area contributed by atoms with Crippen molar-refractivity contribution in [2.75, 3.05) is 20.1 Å². The molecule has 0 spiro atoms. The Hall–Kier alpha value is -2.61. The molecular weight excluding hydrogens is 597 g/mol. The van der Waals surface area contributed by atoms with Crippen LogP contribution in [0.2, 0.25) is 15.1 Å². The van der Waals surface area contributed by atoms with Crippen LogP contribution in [0.5, 0.6) is 0 Å². The van der Waals surface area contributed by atoms with E-state index in [-0.39, 0.29) is 21.1 Å². The van der Waals surface area contributed by atoms with Crippen molar-refractivity contribution in [3.63, 3.8) is 0 Å². The van der Waals surface area contributed by atoms with E-state index in [0.29, 0.717) is 11.1 Å². The first-order valence-corrected chi connectivity index (χ1v) is 11.3. The van der Waals surface area contributed by atoms with Crippen molar-refractivity contribution in [1.82, 2.24) is 15.8 Å². The third-order valence-electron chi connectivity index (χ3n) is 4.81. The molecule has 0 saturated heterocycles. The highest BCUT2D eigenvalue weighted by Gasteiger charge is 2.40. The van der Waals surface area contributed by atoms with E-state index < -0.39 is 71.5 Å². The van der Waals surface area contributed by atoms with Crippen molar-refractivity contribution in [1.29, 1.82) is 0 Å². The molecule has 2 amide bonds. The fourth-order valence-corrected chi connectivity index (χ4v) is 3.62. The van der Waals surface area contributed by atoms with Gasteiger partial charge in [-0.25, -0.2) is 14.2 Å². The van der Waals surface area contributed by atoms with Gasteiger partial charge >= 0.3 is 12.4 Å². The van der Waals surface area contributed by atoms with E-state index >= 15 is 0 Å². The number of amides is 2. The Morgan fingerprint density at radius 2 is 1.61 bits per heavy atom. The molecule has 5 nitrogen and oxygen atoms in total. The van der Waals surface area contributed by atoms with Gasteiger partial charge in [0.25, 0.3) is 5.91 Å². The maximum Gasteiger partial charge on any atom is 0.405 e. The summed E-state index contributed by atoms with van der Waals surface area (Å²) in [6.07, 6.45) is -9.58. The second-order valence-electron chi connectivity index (χ2n) is 7.53. The van der Waals surface area contributed by atoms with Crippen LogP contribution in [0.4, 0.5) is 35.1 Å². The number of allylic oxidation sites excluding steroid dienone is 1. The Morgan fingerprint density at radius 1 is 1.03 bits per heavy atom. The minimum absolute atomic E-state index is 0.150. The van der Waals surface area contributed by atoms with Gasteiger partial charge in [-0.1, -0.05) is 40.9 Å². The zero-order valence-corrected chi connectivity index (χ0v) is 21.1. The molecule has 2 N–H and O–H groups in total. The average molecular weight is 613 g/mol. The fourth-order valence-electron chi connectivity index (χ4n) is 3.01. The van der Waals surface area contributed by atoms with Crippen molar-refractivity contribution >= 4 is 52.4 Å². The lowest BCUT2D eigenvalue weighted by Crippen LogP contribution is -2.48. The third-order valence-corrected chi connectivity index (χ3v) is 6.01. The van der Waals surface area contributed by atoms with Crippen LogP contribution in [-0.4, -0.2) is 49.3 Å². The highest BCUT2D eigenvalue weighted by Crippen LogP contribution is 2.42. The van der Waals surface area contributed by atoms with E-state index in [1.54, 1.807) is 0 Å². The second-order valence-corrected chi connectivity index (χ2v) is 8.73. The van der Waals surface area contributed by atoms with Crippen molar-refractivity contribution < 1.29 is 44.7 Å². The number of carbonyl (C=O) groups excluding carboxylic acids is 2. The molecule has 38 heavy (non-hydrogen) atoms. The van der Waals surface area contributed by atoms with Gasteiger partial charge in [-0.2, -0.15) is 26.3 Å². The van der Waals surface area contributed by atoms with Gasteiger partial charge in [0, 0.05) is 12.6 Å². The van der Waals surface area contributed by atoms with Gasteiger partial charge in [-0.3, -0.25) is 14.6 Å². The molecule has 208 valence electrons. The van der Waals surface area contributed by atoms with Gasteiger partial charge in [0.1, 0.15) is 30.7 Å². The summed E-state index contributed by atoms with van der Waals surface area (Å²) in [5, 5.41) is 1.16. The Bertz CT molecular complexity index is 1210. The number of halogens is 11. The second kappa shape index (κ2) is 12.5. The van der Waals surface area contributed by atoms with Gasteiger partial charge < -0.3 is 5.32 Å². The number of rotatable bonds is 8. The average Bonchev–Trinajstić information content (AvgIpc) is 2.80. The van der Waals surface area contributed by atoms with E-state index in [9.17, 15) is 44.7 Å². The molecule has 2 aromatic rings. The summed E-state index contributed by atoms with van der Waals surface area (Å²) in [7, 11) is 1.12. The zero-order valence-electron chi connectivity index (χ0n) is 18.9. The number of hydrazine groups is 1. The fraction of sp³-hybridized carbons (Fsp3) is 0.273. The Balaban J connectivity index is 2.32. The van der Waals surface area contributed by atoms with Gasteiger partial charge in [-0.05, 0) is 35.9 Å². The Kier molecular flexibility index (Phi) is 10.4. The topological polar surface area (TPSA) is 61.4 Å². The third kappa shape index (κ3) is 8.45. The van der Waals surface area contributed by atoms with E-state index in [0.717, 1.165) is 31.3 Å². The SMILES string of the molecule is CNN(CC(=O)NCC(F)(F)F)C(=O)c1ccc(/C(F)=C/C(c2cc(Cl)c(Cl)c(Cl)c2)C(F)(F)F)cc1F. The maximum absolute atomic E-state index is 14.8. The lowest BCUT2D eigenvalue weighted by atomic mass is 9.96. The molecule has 2 rings (SSSR count). The summed E-state index contributed by atoms with van der Waals surface area (Å²) in [6, 6.07) is 3.66. The van der Waals surface area contributed by atoms with Crippen LogP contribution >= 0.6 is 34.8 Å². The number of benzene rings is 2. The first kappa shape index (κ1) is 31.6. The van der Waals surface area contributed by atoms with Crippen LogP contribution in [0.25, 0.3) is 5.83 Å². The first-order valence-electron chi connectivity index (χ1n) is 10.2. The molecular formula is C22H16Cl3F8N3O2. The summed E-state index contributed by atoms with van der Waals surface area (Å²) < 4.78 is 107. The predicted octanol–water partition coefficient (Wildman–Crippen LogP) is 6.70. The van der Waals surface area contributed by atoms with Crippen molar-refractivity contribution in [3.05, 3.63) is 74.0 Å². The van der Waals surface area contributed by atoms with Crippen molar-refractivity contribution in [2.45, 2.75) is 18.3 Å². The van der Waals surface area contributed by atoms with Crippen LogP contribution in [0.3, 0.4) is 0 Å². The molecule has 1 unspecified atom stereocenters. The number of alkyl halides is 6. The van der Waals surface area contributed by atoms with Gasteiger partial charge in [0.2, 0.25) is 5.91 Å². The minimum Gasteiger partial charge on any atom is -0.345 e. The number of hydrogen-bond acceptors (Lipinski definition) is 3. The lowest BCUT2D eigenvalue weighted by molar-refractivity contribution is -0.139. The van der Waals surface area contributed by atoms with Crippen LogP contribution in [0, 0.1) is 5.82 Å². The normalized spacial score (nSPS) is 13.3. The monoisotopic (exact) mass is 611 g/mol. The van der Waals surface area contributed by atoms with E-state index in [2.05, 4.69) is 5.43 Å². The first-order chi connectivity index (χ1) is 17.4. The molecule has 0 aliphatic heterocycles. The number of nitrogens with one attached hydrogen (secondary N) is 2. The summed E-state index contributed by atoms with van der Waals surface area (Å²) >= 11 is 17.3. The highest BCUT2D eigenvalue weighted by atomic mass is 35.5. The molecule has 0 aliphatic carbocycles. The molecule has 0 fully saturated rings. The molecule has 2 aromatic carbocycles. The molecule has 16 heteroatoms. The van der Waals surface area contributed by atoms with Crippen LogP contribution in [0.15, 0.2) is 36.4 Å². The Morgan fingerprint density at radius 3 is 2.08 bits per heavy atom. The molecule has 0 bridgehead atoms. The van der Waals surface area contributed by atoms with Crippen LogP contribution in [0.1, 0.15) is 27.4 Å². The standard InChI is InChI=1S/C22H16Cl3F8N3O2/c1-34-36(8-18(37)35-9-21(28,29)30)20(38)12-3-2-10(6-17(12)27)16(26)7-13(22(31,32)33)11-4-14(23)19(25)15(24)5-11/h2-7,13,34H,8-9H2,1H3,(H,35,37)/b16-7-. The zero-order chi connectivity index (χ0) is 29.0. The van der Waals surface area contributed by atoms with Gasteiger partial charge in [0.05, 0.1) is 20.6 Å². The Labute approximate surface area is 225 Å². The number of carbonyl (C=O) groups is 2. The summed E-state index contributed by atoms with van der Waals surface area (Å²) in [5.74, 6) is -7.90. The molecule has 0 radical (unpaired) electrons. The van der Waals surface area contributed by atoms with Crippen LogP contribution in [-0.2, 0) is 4.79 Å². The highest BCUT2D eigenvalue weighted by molar-refractivity contribution is 6.48. The molecule has 1 atom stereocenters. The van der Waals surface area contributed by atoms with E-state index in [1.807, 2.05) is 0 Å². The number of nitrogens with zero attached hydrogens (tertiary/aromatic N) is 1. The summed E-state index contributed by atoms with van der Waals surface area (Å²) in [5.41, 5.74) is 0.237. The molecule has 0 aromatic heterocycles. The predicted molar refractivity (Wildman–Crippen MR) is 125 cm³/mol. The van der Waals surface area contributed by atoms with Crippen LogP contribution < -0.4 is 10.7 Å².